The number of benzene rings is 2. The van der Waals surface area contributed by atoms with Gasteiger partial charge in [-0.2, -0.15) is 4.31 Å². The van der Waals surface area contributed by atoms with Crippen molar-refractivity contribution in [2.24, 2.45) is 0 Å². The van der Waals surface area contributed by atoms with Crippen molar-refractivity contribution in [2.45, 2.75) is 31.3 Å². The van der Waals surface area contributed by atoms with Crippen molar-refractivity contribution in [1.29, 1.82) is 0 Å². The number of sulfonamides is 1. The standard InChI is InChI=1S/C22H26N4O5S/c1-3-16-4-6-17(7-5-16)23-22(28)25-10-12-26(13-11-25)32(29,30)18-8-9-20-19(14-18)24-21(27)15(2)31-20/h4-9,14-15H,3,10-13H2,1-2H3,(H,23,28)(H,24,27)/t15-/m0/s1. The predicted molar refractivity (Wildman–Crippen MR) is 120 cm³/mol. The number of aryl methyl sites for hydroxylation is 1. The zero-order valence-corrected chi connectivity index (χ0v) is 18.8. The first-order valence-electron chi connectivity index (χ1n) is 10.5. The number of ether oxygens (including phenoxy) is 1. The Bertz CT molecular complexity index is 1130. The van der Waals surface area contributed by atoms with Gasteiger partial charge < -0.3 is 20.3 Å². The number of urea groups is 1. The average Bonchev–Trinajstić information content (AvgIpc) is 2.80. The number of rotatable bonds is 4. The highest BCUT2D eigenvalue weighted by Gasteiger charge is 2.32. The van der Waals surface area contributed by atoms with Crippen LogP contribution in [0.5, 0.6) is 5.75 Å². The van der Waals surface area contributed by atoms with Crippen LogP contribution in [0.25, 0.3) is 0 Å². The van der Waals surface area contributed by atoms with Crippen LogP contribution in [0.4, 0.5) is 16.2 Å². The fourth-order valence-corrected chi connectivity index (χ4v) is 5.10. The number of hydrogen-bond donors (Lipinski definition) is 2. The van der Waals surface area contributed by atoms with E-state index < -0.39 is 16.1 Å². The summed E-state index contributed by atoms with van der Waals surface area (Å²) in [6.45, 7) is 4.61. The number of nitrogens with zero attached hydrogens (tertiary/aromatic N) is 2. The normalized spacial score (nSPS) is 19.0. The molecule has 2 aliphatic heterocycles. The minimum absolute atomic E-state index is 0.0728. The van der Waals surface area contributed by atoms with Crippen molar-refractivity contribution in [1.82, 2.24) is 9.21 Å². The number of amides is 3. The van der Waals surface area contributed by atoms with E-state index in [2.05, 4.69) is 17.6 Å². The van der Waals surface area contributed by atoms with Gasteiger partial charge in [-0.15, -0.1) is 0 Å². The molecular weight excluding hydrogens is 432 g/mol. The molecule has 3 amide bonds. The Morgan fingerprint density at radius 1 is 1.12 bits per heavy atom. The predicted octanol–water partition coefficient (Wildman–Crippen LogP) is 2.51. The Hall–Kier alpha value is -3.11. The van der Waals surface area contributed by atoms with Gasteiger partial charge in [0.2, 0.25) is 10.0 Å². The Balaban J connectivity index is 1.39. The molecule has 0 unspecified atom stereocenters. The van der Waals surface area contributed by atoms with Crippen LogP contribution in [0.15, 0.2) is 47.4 Å². The summed E-state index contributed by atoms with van der Waals surface area (Å²) in [6, 6.07) is 11.8. The van der Waals surface area contributed by atoms with Gasteiger partial charge in [-0.1, -0.05) is 19.1 Å². The Labute approximate surface area is 187 Å². The summed E-state index contributed by atoms with van der Waals surface area (Å²) in [5.74, 6) is 0.112. The molecule has 2 N–H and O–H groups in total. The molecule has 0 spiro atoms. The summed E-state index contributed by atoms with van der Waals surface area (Å²) >= 11 is 0. The fraction of sp³-hybridized carbons (Fsp3) is 0.364. The highest BCUT2D eigenvalue weighted by molar-refractivity contribution is 7.89. The molecule has 2 heterocycles. The van der Waals surface area contributed by atoms with Crippen LogP contribution in [0.3, 0.4) is 0 Å². The van der Waals surface area contributed by atoms with E-state index in [9.17, 15) is 18.0 Å². The van der Waals surface area contributed by atoms with E-state index in [1.165, 1.54) is 22.0 Å². The summed E-state index contributed by atoms with van der Waals surface area (Å²) in [6.07, 6.45) is 0.293. The minimum atomic E-state index is -3.77. The van der Waals surface area contributed by atoms with Gasteiger partial charge in [0.15, 0.2) is 6.10 Å². The van der Waals surface area contributed by atoms with Gasteiger partial charge in [0.1, 0.15) is 5.75 Å². The van der Waals surface area contributed by atoms with Gasteiger partial charge in [-0.3, -0.25) is 4.79 Å². The summed E-state index contributed by atoms with van der Waals surface area (Å²) in [5.41, 5.74) is 2.22. The monoisotopic (exact) mass is 458 g/mol. The van der Waals surface area contributed by atoms with Crippen LogP contribution >= 0.6 is 0 Å². The zero-order chi connectivity index (χ0) is 22.9. The van der Waals surface area contributed by atoms with Crippen LogP contribution in [-0.2, 0) is 21.2 Å². The first-order chi connectivity index (χ1) is 15.3. The molecule has 0 aliphatic carbocycles. The summed E-state index contributed by atoms with van der Waals surface area (Å²) in [4.78, 5) is 26.1. The first kappa shape index (κ1) is 22.1. The number of nitrogens with one attached hydrogen (secondary N) is 2. The van der Waals surface area contributed by atoms with Crippen LogP contribution in [0.2, 0.25) is 0 Å². The molecule has 0 bridgehead atoms. The lowest BCUT2D eigenvalue weighted by molar-refractivity contribution is -0.122. The van der Waals surface area contributed by atoms with Crippen LogP contribution in [-0.4, -0.2) is 61.8 Å². The molecule has 9 nitrogen and oxygen atoms in total. The number of carbonyl (C=O) groups excluding carboxylic acids is 2. The molecular formula is C22H26N4O5S. The van der Waals surface area contributed by atoms with Crippen molar-refractivity contribution in [3.63, 3.8) is 0 Å². The molecule has 1 fully saturated rings. The SMILES string of the molecule is CCc1ccc(NC(=O)N2CCN(S(=O)(=O)c3ccc4c(c3)NC(=O)[C@H](C)O4)CC2)cc1. The van der Waals surface area contributed by atoms with E-state index in [0.717, 1.165) is 6.42 Å². The third kappa shape index (κ3) is 4.42. The van der Waals surface area contributed by atoms with Crippen LogP contribution < -0.4 is 15.4 Å². The highest BCUT2D eigenvalue weighted by atomic mass is 32.2. The van der Waals surface area contributed by atoms with Gasteiger partial charge in [0.25, 0.3) is 5.91 Å². The lowest BCUT2D eigenvalue weighted by atomic mass is 10.1. The van der Waals surface area contributed by atoms with Crippen molar-refractivity contribution < 1.29 is 22.7 Å². The maximum atomic E-state index is 13.1. The molecule has 1 atom stereocenters. The number of carbonyl (C=O) groups is 2. The lowest BCUT2D eigenvalue weighted by Gasteiger charge is -2.34. The first-order valence-corrected chi connectivity index (χ1v) is 12.0. The van der Waals surface area contributed by atoms with Gasteiger partial charge in [-0.25, -0.2) is 13.2 Å². The maximum absolute atomic E-state index is 13.1. The fourth-order valence-electron chi connectivity index (χ4n) is 3.66. The molecule has 4 rings (SSSR count). The second-order valence-corrected chi connectivity index (χ2v) is 9.72. The lowest BCUT2D eigenvalue weighted by Crippen LogP contribution is -2.51. The number of hydrogen-bond acceptors (Lipinski definition) is 5. The highest BCUT2D eigenvalue weighted by Crippen LogP contribution is 2.33. The molecule has 0 aromatic heterocycles. The molecule has 170 valence electrons. The second kappa shape index (κ2) is 8.79. The Kier molecular flexibility index (Phi) is 6.07. The summed E-state index contributed by atoms with van der Waals surface area (Å²) < 4.78 is 33.0. The molecule has 0 saturated carbocycles. The van der Waals surface area contributed by atoms with Crippen molar-refractivity contribution >= 4 is 33.3 Å². The van der Waals surface area contributed by atoms with Gasteiger partial charge in [0.05, 0.1) is 10.6 Å². The van der Waals surface area contributed by atoms with Gasteiger partial charge in [-0.05, 0) is 49.2 Å². The third-order valence-corrected chi connectivity index (χ3v) is 7.55. The van der Waals surface area contributed by atoms with Gasteiger partial charge >= 0.3 is 6.03 Å². The minimum Gasteiger partial charge on any atom is -0.479 e. The van der Waals surface area contributed by atoms with E-state index in [4.69, 9.17) is 4.74 Å². The third-order valence-electron chi connectivity index (χ3n) is 5.66. The molecule has 2 aromatic carbocycles. The maximum Gasteiger partial charge on any atom is 0.321 e. The smallest absolute Gasteiger partial charge is 0.321 e. The largest absolute Gasteiger partial charge is 0.479 e. The van der Waals surface area contributed by atoms with E-state index in [1.807, 2.05) is 24.3 Å². The van der Waals surface area contributed by atoms with E-state index in [0.29, 0.717) is 17.1 Å². The molecule has 2 aromatic rings. The van der Waals surface area contributed by atoms with Crippen molar-refractivity contribution in [3.8, 4) is 5.75 Å². The molecule has 0 radical (unpaired) electrons. The van der Waals surface area contributed by atoms with Crippen LogP contribution in [0, 0.1) is 0 Å². The molecule has 1 saturated heterocycles. The second-order valence-electron chi connectivity index (χ2n) is 7.78. The molecule has 32 heavy (non-hydrogen) atoms. The van der Waals surface area contributed by atoms with Crippen molar-refractivity contribution in [3.05, 3.63) is 48.0 Å². The number of fused-ring (bicyclic) bond motifs is 1. The Morgan fingerprint density at radius 2 is 1.81 bits per heavy atom. The molecule has 2 aliphatic rings. The topological polar surface area (TPSA) is 108 Å². The van der Waals surface area contributed by atoms with Crippen LogP contribution in [0.1, 0.15) is 19.4 Å². The van der Waals surface area contributed by atoms with E-state index >= 15 is 0 Å². The summed E-state index contributed by atoms with van der Waals surface area (Å²) in [5, 5.41) is 5.52. The van der Waals surface area contributed by atoms with E-state index in [1.54, 1.807) is 17.9 Å². The number of anilines is 2. The summed E-state index contributed by atoms with van der Waals surface area (Å²) in [7, 11) is -3.77. The quantitative estimate of drug-likeness (QED) is 0.732. The van der Waals surface area contributed by atoms with Crippen molar-refractivity contribution in [2.75, 3.05) is 36.8 Å². The van der Waals surface area contributed by atoms with E-state index in [-0.39, 0.29) is 43.0 Å². The Morgan fingerprint density at radius 3 is 2.47 bits per heavy atom. The van der Waals surface area contributed by atoms with Gasteiger partial charge in [0, 0.05) is 31.9 Å². The number of piperazine rings is 1. The molecule has 10 heteroatoms. The zero-order valence-electron chi connectivity index (χ0n) is 18.0. The average molecular weight is 459 g/mol.